The van der Waals surface area contributed by atoms with Gasteiger partial charge >= 0.3 is 0 Å². The fourth-order valence-electron chi connectivity index (χ4n) is 1.18. The zero-order valence-corrected chi connectivity index (χ0v) is 7.86. The van der Waals surface area contributed by atoms with Crippen molar-refractivity contribution in [3.8, 4) is 0 Å². The van der Waals surface area contributed by atoms with Crippen molar-refractivity contribution in [1.29, 1.82) is 0 Å². The number of rotatable bonds is 1. The second-order valence-corrected chi connectivity index (χ2v) is 3.03. The Morgan fingerprint density at radius 1 is 1.43 bits per heavy atom. The van der Waals surface area contributed by atoms with Crippen LogP contribution in [-0.4, -0.2) is 4.99 Å². The molecular formula is C9H5N3OS. The minimum atomic E-state index is 0.128. The molecule has 0 aliphatic carbocycles. The highest BCUT2D eigenvalue weighted by atomic mass is 32.1. The lowest BCUT2D eigenvalue weighted by atomic mass is 10.2. The minimum absolute atomic E-state index is 0.128. The maximum Gasteiger partial charge on any atom is 0.148 e. The topological polar surface area (TPSA) is 61.9 Å². The molecule has 0 fully saturated rings. The van der Waals surface area contributed by atoms with Crippen molar-refractivity contribution in [3.63, 3.8) is 0 Å². The largest absolute Gasteiger partial charge is 0.455 e. The third-order valence-electron chi connectivity index (χ3n) is 1.77. The molecule has 0 N–H and O–H groups in total. The van der Waals surface area contributed by atoms with Crippen LogP contribution >= 0.6 is 12.2 Å². The molecule has 2 rings (SSSR count). The van der Waals surface area contributed by atoms with Crippen molar-refractivity contribution >= 4 is 28.2 Å². The summed E-state index contributed by atoms with van der Waals surface area (Å²) in [5.74, 6) is 0.430. The maximum absolute atomic E-state index is 8.20. The summed E-state index contributed by atoms with van der Waals surface area (Å²) >= 11 is 4.85. The van der Waals surface area contributed by atoms with E-state index in [4.69, 9.17) is 22.2 Å². The van der Waals surface area contributed by atoms with E-state index >= 15 is 0 Å². The van der Waals surface area contributed by atoms with Gasteiger partial charge in [0.15, 0.2) is 0 Å². The van der Waals surface area contributed by atoms with E-state index < -0.39 is 0 Å². The highest BCUT2D eigenvalue weighted by Gasteiger charge is 2.05. The van der Waals surface area contributed by atoms with Gasteiger partial charge in [-0.2, -0.15) is 0 Å². The molecule has 0 atom stereocenters. The highest BCUT2D eigenvalue weighted by Crippen LogP contribution is 2.19. The zero-order chi connectivity index (χ0) is 9.97. The molecule has 1 aromatic carbocycles. The van der Waals surface area contributed by atoms with Gasteiger partial charge in [-0.1, -0.05) is 30.4 Å². The van der Waals surface area contributed by atoms with Crippen molar-refractivity contribution in [1.82, 2.24) is 0 Å². The fourth-order valence-corrected chi connectivity index (χ4v) is 1.31. The first-order valence-electron chi connectivity index (χ1n) is 3.89. The van der Waals surface area contributed by atoms with Crippen LogP contribution in [0.25, 0.3) is 21.4 Å². The van der Waals surface area contributed by atoms with E-state index in [1.165, 1.54) is 0 Å². The molecule has 0 saturated heterocycles. The van der Waals surface area contributed by atoms with Gasteiger partial charge in [0.05, 0.1) is 0 Å². The molecule has 14 heavy (non-hydrogen) atoms. The van der Waals surface area contributed by atoms with Crippen LogP contribution in [0.1, 0.15) is 5.76 Å². The molecule has 0 aliphatic heterocycles. The van der Waals surface area contributed by atoms with E-state index in [1.807, 2.05) is 24.3 Å². The number of benzene rings is 1. The van der Waals surface area contributed by atoms with Crippen LogP contribution in [0.3, 0.4) is 0 Å². The molecule has 4 nitrogen and oxygen atoms in total. The minimum Gasteiger partial charge on any atom is -0.455 e. The number of nitrogens with zero attached hydrogens (tertiary/aromatic N) is 3. The number of thiocarbonyl (C=S) groups is 1. The summed E-state index contributed by atoms with van der Waals surface area (Å²) in [6.07, 6.45) is 0. The summed E-state index contributed by atoms with van der Waals surface area (Å²) in [6.45, 7) is 0. The second kappa shape index (κ2) is 3.49. The van der Waals surface area contributed by atoms with Gasteiger partial charge in [-0.05, 0) is 22.8 Å². The smallest absolute Gasteiger partial charge is 0.148 e. The van der Waals surface area contributed by atoms with E-state index in [9.17, 15) is 0 Å². The van der Waals surface area contributed by atoms with Crippen molar-refractivity contribution in [3.05, 3.63) is 46.5 Å². The van der Waals surface area contributed by atoms with Crippen molar-refractivity contribution in [2.45, 2.75) is 0 Å². The van der Waals surface area contributed by atoms with Gasteiger partial charge in [0.2, 0.25) is 0 Å². The zero-order valence-electron chi connectivity index (χ0n) is 7.04. The van der Waals surface area contributed by atoms with Crippen molar-refractivity contribution in [2.75, 3.05) is 0 Å². The van der Waals surface area contributed by atoms with Crippen LogP contribution in [0.2, 0.25) is 0 Å². The fraction of sp³-hybridized carbons (Fsp3) is 0. The average Bonchev–Trinajstić information content (AvgIpc) is 2.61. The van der Waals surface area contributed by atoms with Gasteiger partial charge in [0.25, 0.3) is 0 Å². The van der Waals surface area contributed by atoms with Crippen LogP contribution < -0.4 is 0 Å². The molecule has 68 valence electrons. The Kier molecular flexibility index (Phi) is 2.18. The van der Waals surface area contributed by atoms with Gasteiger partial charge in [-0.15, -0.1) is 0 Å². The number of hydrogen-bond donors (Lipinski definition) is 0. The number of fused-ring (bicyclic) bond motifs is 1. The molecule has 1 heterocycles. The van der Waals surface area contributed by atoms with Crippen LogP contribution in [-0.2, 0) is 0 Å². The van der Waals surface area contributed by atoms with Crippen molar-refractivity contribution < 1.29 is 4.42 Å². The maximum atomic E-state index is 8.20. The van der Waals surface area contributed by atoms with Crippen LogP contribution in [0.15, 0.2) is 39.9 Å². The summed E-state index contributed by atoms with van der Waals surface area (Å²) < 4.78 is 5.38. The average molecular weight is 203 g/mol. The van der Waals surface area contributed by atoms with Gasteiger partial charge in [0.1, 0.15) is 16.3 Å². The Hall–Kier alpha value is -1.84. The van der Waals surface area contributed by atoms with Crippen LogP contribution in [0.5, 0.6) is 0 Å². The van der Waals surface area contributed by atoms with E-state index in [2.05, 4.69) is 10.0 Å². The van der Waals surface area contributed by atoms with Gasteiger partial charge in [-0.25, -0.2) is 0 Å². The number of furan rings is 1. The van der Waals surface area contributed by atoms with E-state index in [-0.39, 0.29) is 4.99 Å². The standard InChI is InChI=1S/C9H5N3OS/c10-12-11-9(14)8-5-6-3-1-2-4-7(6)13-8/h1-5H. The summed E-state index contributed by atoms with van der Waals surface area (Å²) in [4.78, 5) is 2.73. The van der Waals surface area contributed by atoms with Gasteiger partial charge in [0, 0.05) is 10.3 Å². The third kappa shape index (κ3) is 1.46. The van der Waals surface area contributed by atoms with E-state index in [0.717, 1.165) is 11.0 Å². The molecule has 2 aromatic rings. The van der Waals surface area contributed by atoms with E-state index in [0.29, 0.717) is 5.76 Å². The molecule has 5 heteroatoms. The summed E-state index contributed by atoms with van der Waals surface area (Å²) in [5.41, 5.74) is 8.94. The predicted octanol–water partition coefficient (Wildman–Crippen LogP) is 3.42. The van der Waals surface area contributed by atoms with Gasteiger partial charge < -0.3 is 4.42 Å². The molecule has 0 unspecified atom stereocenters. The van der Waals surface area contributed by atoms with Crippen LogP contribution in [0.4, 0.5) is 0 Å². The van der Waals surface area contributed by atoms with Gasteiger partial charge in [-0.3, -0.25) is 0 Å². The summed E-state index contributed by atoms with van der Waals surface area (Å²) in [6, 6.07) is 9.26. The molecule has 0 bridgehead atoms. The predicted molar refractivity (Wildman–Crippen MR) is 57.1 cm³/mol. The molecule has 1 aromatic heterocycles. The lowest BCUT2D eigenvalue weighted by Gasteiger charge is -1.86. The second-order valence-electron chi connectivity index (χ2n) is 2.64. The number of para-hydroxylation sites is 1. The molecule has 0 aliphatic rings. The molecule has 0 saturated carbocycles. The Bertz CT molecular complexity index is 507. The Morgan fingerprint density at radius 2 is 2.21 bits per heavy atom. The van der Waals surface area contributed by atoms with Crippen LogP contribution in [0, 0.1) is 0 Å². The number of azide groups is 1. The molecule has 0 radical (unpaired) electrons. The highest BCUT2D eigenvalue weighted by molar-refractivity contribution is 7.80. The first-order valence-corrected chi connectivity index (χ1v) is 4.30. The number of hydrogen-bond acceptors (Lipinski definition) is 2. The SMILES string of the molecule is [N-]=[N+]=NC(=S)c1cc2ccccc2o1. The first-order chi connectivity index (χ1) is 6.81. The molecule has 0 spiro atoms. The monoisotopic (exact) mass is 203 g/mol. The quantitative estimate of drug-likeness (QED) is 0.308. The Balaban J connectivity index is 2.55. The third-order valence-corrected chi connectivity index (χ3v) is 2.05. The lowest BCUT2D eigenvalue weighted by molar-refractivity contribution is 0.606. The Labute approximate surface area is 84.8 Å². The summed E-state index contributed by atoms with van der Waals surface area (Å²) in [5, 5.41) is 4.25. The normalized spacial score (nSPS) is 9.71. The van der Waals surface area contributed by atoms with E-state index in [1.54, 1.807) is 6.07 Å². The first kappa shape index (κ1) is 8.74. The summed E-state index contributed by atoms with van der Waals surface area (Å²) in [7, 11) is 0. The lowest BCUT2D eigenvalue weighted by Crippen LogP contribution is -1.85. The molecule has 0 amide bonds. The molecular weight excluding hydrogens is 198 g/mol. The Morgan fingerprint density at radius 3 is 2.93 bits per heavy atom. The van der Waals surface area contributed by atoms with Crippen molar-refractivity contribution in [2.24, 2.45) is 5.11 Å².